The number of benzene rings is 1. The fraction of sp³-hybridized carbons (Fsp3) is 0.294. The number of pyridine rings is 1. The SMILES string of the molecule is COc1ccc(N(Cc2ccc([N+](=O)[O-])cc2)C(=O)C2CC2)cn1. The highest BCUT2D eigenvalue weighted by atomic mass is 16.6. The van der Waals surface area contributed by atoms with E-state index in [1.54, 1.807) is 35.4 Å². The molecule has 1 aromatic heterocycles. The van der Waals surface area contributed by atoms with Crippen molar-refractivity contribution in [1.82, 2.24) is 4.98 Å². The number of methoxy groups -OCH3 is 1. The summed E-state index contributed by atoms with van der Waals surface area (Å²) in [4.78, 5) is 28.7. The van der Waals surface area contributed by atoms with Crippen LogP contribution in [0.4, 0.5) is 11.4 Å². The summed E-state index contributed by atoms with van der Waals surface area (Å²) >= 11 is 0. The van der Waals surface area contributed by atoms with E-state index in [0.717, 1.165) is 18.4 Å². The molecule has 1 heterocycles. The van der Waals surface area contributed by atoms with Crippen LogP contribution in [0.3, 0.4) is 0 Å². The van der Waals surface area contributed by atoms with Crippen molar-refractivity contribution in [3.63, 3.8) is 0 Å². The van der Waals surface area contributed by atoms with Crippen molar-refractivity contribution in [2.45, 2.75) is 19.4 Å². The Kier molecular flexibility index (Phi) is 4.41. The van der Waals surface area contributed by atoms with E-state index in [0.29, 0.717) is 18.1 Å². The van der Waals surface area contributed by atoms with Crippen LogP contribution < -0.4 is 9.64 Å². The quantitative estimate of drug-likeness (QED) is 0.601. The number of carbonyl (C=O) groups excluding carboxylic acids is 1. The van der Waals surface area contributed by atoms with E-state index >= 15 is 0 Å². The van der Waals surface area contributed by atoms with Crippen molar-refractivity contribution < 1.29 is 14.5 Å². The minimum absolute atomic E-state index is 0.0323. The largest absolute Gasteiger partial charge is 0.481 e. The van der Waals surface area contributed by atoms with Gasteiger partial charge in [-0.25, -0.2) is 4.98 Å². The first-order chi connectivity index (χ1) is 11.6. The zero-order chi connectivity index (χ0) is 17.1. The minimum Gasteiger partial charge on any atom is -0.481 e. The predicted molar refractivity (Wildman–Crippen MR) is 87.8 cm³/mol. The highest BCUT2D eigenvalue weighted by Gasteiger charge is 2.34. The van der Waals surface area contributed by atoms with Gasteiger partial charge in [-0.1, -0.05) is 12.1 Å². The van der Waals surface area contributed by atoms with Crippen molar-refractivity contribution in [2.24, 2.45) is 5.92 Å². The molecule has 0 unspecified atom stereocenters. The number of aromatic nitrogens is 1. The first kappa shape index (κ1) is 15.9. The lowest BCUT2D eigenvalue weighted by Crippen LogP contribution is -2.31. The second-order valence-electron chi connectivity index (χ2n) is 5.68. The van der Waals surface area contributed by atoms with Gasteiger partial charge in [0.25, 0.3) is 5.69 Å². The zero-order valence-corrected chi connectivity index (χ0v) is 13.2. The van der Waals surface area contributed by atoms with Gasteiger partial charge in [-0.2, -0.15) is 0 Å². The highest BCUT2D eigenvalue weighted by Crippen LogP contribution is 2.33. The Balaban J connectivity index is 1.83. The third-order valence-electron chi connectivity index (χ3n) is 3.92. The minimum atomic E-state index is -0.440. The summed E-state index contributed by atoms with van der Waals surface area (Å²) in [6.07, 6.45) is 3.41. The molecule has 1 saturated carbocycles. The maximum Gasteiger partial charge on any atom is 0.269 e. The molecule has 0 spiro atoms. The van der Waals surface area contributed by atoms with E-state index in [1.807, 2.05) is 0 Å². The molecule has 1 aromatic carbocycles. The monoisotopic (exact) mass is 327 g/mol. The van der Waals surface area contributed by atoms with Gasteiger partial charge in [0, 0.05) is 24.1 Å². The molecule has 0 radical (unpaired) electrons. The van der Waals surface area contributed by atoms with Gasteiger partial charge in [-0.3, -0.25) is 14.9 Å². The summed E-state index contributed by atoms with van der Waals surface area (Å²) in [5.74, 6) is 0.596. The van der Waals surface area contributed by atoms with Gasteiger partial charge < -0.3 is 9.64 Å². The van der Waals surface area contributed by atoms with Gasteiger partial charge in [0.1, 0.15) is 0 Å². The van der Waals surface area contributed by atoms with E-state index in [2.05, 4.69) is 4.98 Å². The molecule has 2 aromatic rings. The van der Waals surface area contributed by atoms with Crippen LogP contribution in [0, 0.1) is 16.0 Å². The Labute approximate surface area is 139 Å². The molecule has 0 bridgehead atoms. The van der Waals surface area contributed by atoms with Crippen molar-refractivity contribution >= 4 is 17.3 Å². The van der Waals surface area contributed by atoms with Gasteiger partial charge in [-0.15, -0.1) is 0 Å². The Bertz CT molecular complexity index is 739. The molecule has 0 atom stereocenters. The number of nitro benzene ring substituents is 1. The van der Waals surface area contributed by atoms with E-state index in [4.69, 9.17) is 4.74 Å². The summed E-state index contributed by atoms with van der Waals surface area (Å²) in [7, 11) is 1.53. The lowest BCUT2D eigenvalue weighted by molar-refractivity contribution is -0.384. The topological polar surface area (TPSA) is 85.6 Å². The highest BCUT2D eigenvalue weighted by molar-refractivity contribution is 5.96. The summed E-state index contributed by atoms with van der Waals surface area (Å²) in [5.41, 5.74) is 1.54. The smallest absolute Gasteiger partial charge is 0.269 e. The van der Waals surface area contributed by atoms with E-state index < -0.39 is 4.92 Å². The standard InChI is InChI=1S/C17H17N3O4/c1-24-16-9-8-15(10-18-16)19(17(21)13-4-5-13)11-12-2-6-14(7-3-12)20(22)23/h2-3,6-10,13H,4-5,11H2,1H3. The van der Waals surface area contributed by atoms with Crippen LogP contribution >= 0.6 is 0 Å². The van der Waals surface area contributed by atoms with Gasteiger partial charge in [0.2, 0.25) is 11.8 Å². The molecule has 7 nitrogen and oxygen atoms in total. The lowest BCUT2D eigenvalue weighted by Gasteiger charge is -2.23. The maximum absolute atomic E-state index is 12.6. The van der Waals surface area contributed by atoms with Gasteiger partial charge in [-0.05, 0) is 24.5 Å². The van der Waals surface area contributed by atoms with Crippen molar-refractivity contribution in [2.75, 3.05) is 12.0 Å². The van der Waals surface area contributed by atoms with Crippen molar-refractivity contribution in [3.05, 3.63) is 58.3 Å². The molecule has 1 aliphatic carbocycles. The number of nitro groups is 1. The van der Waals surface area contributed by atoms with Crippen molar-refractivity contribution in [1.29, 1.82) is 0 Å². The number of non-ortho nitro benzene ring substituents is 1. The molecule has 1 aliphatic rings. The maximum atomic E-state index is 12.6. The third kappa shape index (κ3) is 3.51. The predicted octanol–water partition coefficient (Wildman–Crippen LogP) is 2.94. The van der Waals surface area contributed by atoms with E-state index in [-0.39, 0.29) is 17.5 Å². The summed E-state index contributed by atoms with van der Waals surface area (Å²) in [6.45, 7) is 0.349. The number of amides is 1. The number of hydrogen-bond acceptors (Lipinski definition) is 5. The third-order valence-corrected chi connectivity index (χ3v) is 3.92. The Hall–Kier alpha value is -2.96. The zero-order valence-electron chi connectivity index (χ0n) is 13.2. The molecular formula is C17H17N3O4. The average molecular weight is 327 g/mol. The number of anilines is 1. The molecule has 0 N–H and O–H groups in total. The summed E-state index contributed by atoms with van der Waals surface area (Å²) in [5, 5.41) is 10.7. The molecule has 24 heavy (non-hydrogen) atoms. The van der Waals surface area contributed by atoms with Crippen LogP contribution in [0.1, 0.15) is 18.4 Å². The number of carbonyl (C=O) groups is 1. The normalized spacial score (nSPS) is 13.4. The molecule has 3 rings (SSSR count). The van der Waals surface area contributed by atoms with Gasteiger partial charge in [0.05, 0.1) is 30.5 Å². The number of rotatable bonds is 6. The number of hydrogen-bond donors (Lipinski definition) is 0. The number of nitrogens with zero attached hydrogens (tertiary/aromatic N) is 3. The summed E-state index contributed by atoms with van der Waals surface area (Å²) < 4.78 is 5.04. The molecule has 1 amide bonds. The fourth-order valence-electron chi connectivity index (χ4n) is 2.41. The molecule has 7 heteroatoms. The Morgan fingerprint density at radius 2 is 2.00 bits per heavy atom. The average Bonchev–Trinajstić information content (AvgIpc) is 3.45. The van der Waals surface area contributed by atoms with Gasteiger partial charge in [0.15, 0.2) is 0 Å². The van der Waals surface area contributed by atoms with Crippen LogP contribution in [-0.4, -0.2) is 22.9 Å². The molecule has 0 saturated heterocycles. The summed E-state index contributed by atoms with van der Waals surface area (Å²) in [6, 6.07) is 9.73. The Morgan fingerprint density at radius 1 is 1.29 bits per heavy atom. The molecule has 1 fully saturated rings. The van der Waals surface area contributed by atoms with Crippen LogP contribution in [0.15, 0.2) is 42.6 Å². The molecule has 0 aliphatic heterocycles. The van der Waals surface area contributed by atoms with Gasteiger partial charge >= 0.3 is 0 Å². The molecular weight excluding hydrogens is 310 g/mol. The second-order valence-corrected chi connectivity index (χ2v) is 5.68. The first-order valence-corrected chi connectivity index (χ1v) is 7.63. The lowest BCUT2D eigenvalue weighted by atomic mass is 10.1. The molecule has 124 valence electrons. The van der Waals surface area contributed by atoms with Crippen molar-refractivity contribution in [3.8, 4) is 5.88 Å². The van der Waals surface area contributed by atoms with Crippen LogP contribution in [0.2, 0.25) is 0 Å². The second kappa shape index (κ2) is 6.66. The Morgan fingerprint density at radius 3 is 2.50 bits per heavy atom. The van der Waals surface area contributed by atoms with Crippen LogP contribution in [0.25, 0.3) is 0 Å². The van der Waals surface area contributed by atoms with E-state index in [1.165, 1.54) is 19.2 Å². The number of ether oxygens (including phenoxy) is 1. The fourth-order valence-corrected chi connectivity index (χ4v) is 2.41. The van der Waals surface area contributed by atoms with Crippen LogP contribution in [0.5, 0.6) is 5.88 Å². The van der Waals surface area contributed by atoms with Crippen LogP contribution in [-0.2, 0) is 11.3 Å². The van der Waals surface area contributed by atoms with E-state index in [9.17, 15) is 14.9 Å². The first-order valence-electron chi connectivity index (χ1n) is 7.63.